The number of hydrogen-bond donors (Lipinski definition) is 2. The molecule has 0 bridgehead atoms. The first-order chi connectivity index (χ1) is 19.2. The zero-order valence-corrected chi connectivity index (χ0v) is 23.4. The van der Waals surface area contributed by atoms with Crippen molar-refractivity contribution in [1.29, 1.82) is 0 Å². The molecule has 40 heavy (non-hydrogen) atoms. The predicted octanol–water partition coefficient (Wildman–Crippen LogP) is 1.54. The van der Waals surface area contributed by atoms with Gasteiger partial charge in [0.1, 0.15) is 0 Å². The molecule has 3 aliphatic heterocycles. The van der Waals surface area contributed by atoms with Crippen molar-refractivity contribution < 1.29 is 33.8 Å². The number of aliphatic carboxylic acids is 1. The van der Waals surface area contributed by atoms with Gasteiger partial charge in [0.15, 0.2) is 11.5 Å². The van der Waals surface area contributed by atoms with Gasteiger partial charge >= 0.3 is 12.0 Å². The Bertz CT molecular complexity index is 1090. The molecule has 12 heteroatoms. The van der Waals surface area contributed by atoms with E-state index in [9.17, 15) is 24.3 Å². The number of carboxylic acid groups (broad SMARTS) is 1. The number of imide groups is 1. The van der Waals surface area contributed by atoms with Crippen molar-refractivity contribution in [2.24, 2.45) is 11.7 Å². The molecule has 4 amide bonds. The van der Waals surface area contributed by atoms with Gasteiger partial charge in [-0.3, -0.25) is 24.2 Å². The summed E-state index contributed by atoms with van der Waals surface area (Å²) >= 11 is 0. The number of fused-ring (bicyclic) bond motifs is 1. The standard InChI is InChI=1S/C28H41N5O7/c1-3-4-11-31(12-5-10-29)25(35)17-32-16-20(19-6-7-22-23(15-19)40-18-39-22)26(27(36)37)21(32)8-14-33-24(34)9-13-30(2)28(33)38/h6-7,15,20-21,26H,3-5,8-14,16-18,29H2,1-2H3,(H,36,37)/t20-,21+,26?/m1/s1. The van der Waals surface area contributed by atoms with Crippen molar-refractivity contribution in [1.82, 2.24) is 19.6 Å². The van der Waals surface area contributed by atoms with Crippen LogP contribution in [0.1, 0.15) is 50.5 Å². The van der Waals surface area contributed by atoms with Crippen LogP contribution in [0.25, 0.3) is 0 Å². The smallest absolute Gasteiger partial charge is 0.326 e. The monoisotopic (exact) mass is 559 g/mol. The van der Waals surface area contributed by atoms with Crippen LogP contribution >= 0.6 is 0 Å². The molecule has 0 radical (unpaired) electrons. The highest BCUT2D eigenvalue weighted by molar-refractivity contribution is 5.96. The second kappa shape index (κ2) is 13.3. The third-order valence-electron chi connectivity index (χ3n) is 8.13. The number of amides is 4. The Morgan fingerprint density at radius 3 is 2.62 bits per heavy atom. The lowest BCUT2D eigenvalue weighted by Gasteiger charge is -2.34. The third-order valence-corrected chi connectivity index (χ3v) is 8.13. The number of ether oxygens (including phenoxy) is 2. The molecular weight excluding hydrogens is 518 g/mol. The topological polar surface area (TPSA) is 146 Å². The highest BCUT2D eigenvalue weighted by Crippen LogP contribution is 2.42. The van der Waals surface area contributed by atoms with Gasteiger partial charge in [-0.1, -0.05) is 19.4 Å². The molecular formula is C28H41N5O7. The lowest BCUT2D eigenvalue weighted by molar-refractivity contribution is -0.144. The Hall–Kier alpha value is -3.38. The summed E-state index contributed by atoms with van der Waals surface area (Å²) in [4.78, 5) is 58.0. The molecule has 1 unspecified atom stereocenters. The van der Waals surface area contributed by atoms with Gasteiger partial charge in [0.2, 0.25) is 18.6 Å². The van der Waals surface area contributed by atoms with E-state index in [0.717, 1.165) is 18.4 Å². The van der Waals surface area contributed by atoms with E-state index in [1.807, 2.05) is 21.9 Å². The first kappa shape index (κ1) is 29.6. The molecule has 3 N–H and O–H groups in total. The van der Waals surface area contributed by atoms with E-state index in [-0.39, 0.29) is 50.6 Å². The zero-order chi connectivity index (χ0) is 28.8. The summed E-state index contributed by atoms with van der Waals surface area (Å²) in [5, 5.41) is 10.4. The number of nitrogens with two attached hydrogens (primary N) is 1. The first-order valence-electron chi connectivity index (χ1n) is 14.1. The van der Waals surface area contributed by atoms with E-state index in [2.05, 4.69) is 6.92 Å². The Labute approximate surface area is 234 Å². The maximum Gasteiger partial charge on any atom is 0.326 e. The number of rotatable bonds is 13. The third kappa shape index (κ3) is 6.49. The molecule has 0 aromatic heterocycles. The number of benzene rings is 1. The van der Waals surface area contributed by atoms with Crippen LogP contribution in [0.2, 0.25) is 0 Å². The molecule has 2 saturated heterocycles. The molecule has 0 aliphatic carbocycles. The minimum atomic E-state index is -0.984. The Kier molecular flexibility index (Phi) is 9.85. The summed E-state index contributed by atoms with van der Waals surface area (Å²) < 4.78 is 11.0. The van der Waals surface area contributed by atoms with Gasteiger partial charge in [0, 0.05) is 58.2 Å². The van der Waals surface area contributed by atoms with Gasteiger partial charge in [-0.15, -0.1) is 0 Å². The number of urea groups is 1. The van der Waals surface area contributed by atoms with E-state index >= 15 is 0 Å². The molecule has 12 nitrogen and oxygen atoms in total. The van der Waals surface area contributed by atoms with Gasteiger partial charge in [0.05, 0.1) is 12.5 Å². The van der Waals surface area contributed by atoms with Gasteiger partial charge in [-0.25, -0.2) is 4.79 Å². The van der Waals surface area contributed by atoms with Crippen molar-refractivity contribution in [3.05, 3.63) is 23.8 Å². The van der Waals surface area contributed by atoms with Crippen molar-refractivity contribution in [2.75, 3.05) is 59.7 Å². The quantitative estimate of drug-likeness (QED) is 0.367. The number of carbonyl (C=O) groups is 4. The lowest BCUT2D eigenvalue weighted by Crippen LogP contribution is -2.52. The number of carboxylic acids is 1. The zero-order valence-electron chi connectivity index (χ0n) is 23.4. The predicted molar refractivity (Wildman–Crippen MR) is 146 cm³/mol. The SMILES string of the molecule is CCCCN(CCCN)C(=O)CN1C[C@H](c2ccc3c(c2)OCO3)C(C(=O)O)[C@@H]1CCN1C(=O)CCN(C)C1=O. The highest BCUT2D eigenvalue weighted by Gasteiger charge is 2.48. The average Bonchev–Trinajstić information content (AvgIpc) is 3.55. The molecule has 3 heterocycles. The summed E-state index contributed by atoms with van der Waals surface area (Å²) in [6.45, 7) is 4.64. The van der Waals surface area contributed by atoms with E-state index in [1.165, 1.54) is 9.80 Å². The number of nitrogens with zero attached hydrogens (tertiary/aromatic N) is 4. The van der Waals surface area contributed by atoms with Crippen molar-refractivity contribution in [2.45, 2.75) is 51.0 Å². The maximum atomic E-state index is 13.5. The van der Waals surface area contributed by atoms with Gasteiger partial charge in [-0.05, 0) is 43.5 Å². The van der Waals surface area contributed by atoms with Crippen molar-refractivity contribution >= 4 is 23.8 Å². The fourth-order valence-electron chi connectivity index (χ4n) is 5.89. The number of hydrogen-bond acceptors (Lipinski definition) is 8. The molecule has 1 aromatic rings. The summed E-state index contributed by atoms with van der Waals surface area (Å²) in [5.41, 5.74) is 6.50. The Morgan fingerprint density at radius 2 is 1.90 bits per heavy atom. The average molecular weight is 560 g/mol. The first-order valence-corrected chi connectivity index (χ1v) is 14.1. The molecule has 0 spiro atoms. The van der Waals surface area contributed by atoms with Crippen LogP contribution in [0.4, 0.5) is 4.79 Å². The summed E-state index contributed by atoms with van der Waals surface area (Å²) in [5.74, 6) is -1.44. The largest absolute Gasteiger partial charge is 0.481 e. The molecule has 0 saturated carbocycles. The lowest BCUT2D eigenvalue weighted by atomic mass is 9.84. The van der Waals surface area contributed by atoms with Crippen molar-refractivity contribution in [3.63, 3.8) is 0 Å². The van der Waals surface area contributed by atoms with Crippen molar-refractivity contribution in [3.8, 4) is 11.5 Å². The minimum Gasteiger partial charge on any atom is -0.481 e. The van der Waals surface area contributed by atoms with E-state index in [1.54, 1.807) is 13.1 Å². The molecule has 220 valence electrons. The number of carbonyl (C=O) groups excluding carboxylic acids is 3. The highest BCUT2D eigenvalue weighted by atomic mass is 16.7. The van der Waals surface area contributed by atoms with Crippen LogP contribution in [-0.2, 0) is 14.4 Å². The normalized spacial score (nSPS) is 22.7. The second-order valence-electron chi connectivity index (χ2n) is 10.7. The fourth-order valence-corrected chi connectivity index (χ4v) is 5.89. The van der Waals surface area contributed by atoms with Crippen LogP contribution in [0, 0.1) is 5.92 Å². The van der Waals surface area contributed by atoms with Crippen LogP contribution in [0.3, 0.4) is 0 Å². The number of likely N-dealkylation sites (tertiary alicyclic amines) is 1. The molecule has 4 rings (SSSR count). The van der Waals surface area contributed by atoms with Crippen LogP contribution in [-0.4, -0.2) is 114 Å². The molecule has 2 fully saturated rings. The maximum absolute atomic E-state index is 13.5. The minimum absolute atomic E-state index is 0.0472. The van der Waals surface area contributed by atoms with Gasteiger partial charge in [0.25, 0.3) is 0 Å². The van der Waals surface area contributed by atoms with Gasteiger partial charge in [-0.2, -0.15) is 0 Å². The van der Waals surface area contributed by atoms with Gasteiger partial charge < -0.3 is 30.1 Å². The Balaban J connectivity index is 1.60. The molecule has 3 atom stereocenters. The molecule has 1 aromatic carbocycles. The second-order valence-corrected chi connectivity index (χ2v) is 10.7. The summed E-state index contributed by atoms with van der Waals surface area (Å²) in [6, 6.07) is 4.49. The van der Waals surface area contributed by atoms with Crippen LogP contribution < -0.4 is 15.2 Å². The number of unbranched alkanes of at least 4 members (excludes halogenated alkanes) is 1. The molecule has 3 aliphatic rings. The van der Waals surface area contributed by atoms with E-state index in [4.69, 9.17) is 15.2 Å². The summed E-state index contributed by atoms with van der Waals surface area (Å²) in [7, 11) is 1.64. The van der Waals surface area contributed by atoms with Crippen LogP contribution in [0.15, 0.2) is 18.2 Å². The van der Waals surface area contributed by atoms with E-state index < -0.39 is 23.8 Å². The fraction of sp³-hybridized carbons (Fsp3) is 0.643. The van der Waals surface area contributed by atoms with Crippen LogP contribution in [0.5, 0.6) is 11.5 Å². The van der Waals surface area contributed by atoms with E-state index in [0.29, 0.717) is 50.6 Å². The Morgan fingerprint density at radius 1 is 1.15 bits per heavy atom. The summed E-state index contributed by atoms with van der Waals surface area (Å²) in [6.07, 6.45) is 2.96.